The molecule has 1 amide bonds. The Labute approximate surface area is 106 Å². The van der Waals surface area contributed by atoms with E-state index in [1.165, 1.54) is 29.5 Å². The van der Waals surface area contributed by atoms with Crippen LogP contribution in [0.1, 0.15) is 16.1 Å². The number of thiazole rings is 1. The van der Waals surface area contributed by atoms with Gasteiger partial charge in [0.15, 0.2) is 0 Å². The zero-order chi connectivity index (χ0) is 12.3. The summed E-state index contributed by atoms with van der Waals surface area (Å²) >= 11 is 7.14. The van der Waals surface area contributed by atoms with Gasteiger partial charge in [-0.1, -0.05) is 11.6 Å². The van der Waals surface area contributed by atoms with Crippen molar-refractivity contribution in [3.8, 4) is 0 Å². The molecular formula is C11H8ClFN2OS. The molecule has 0 aliphatic rings. The lowest BCUT2D eigenvalue weighted by Crippen LogP contribution is -2.23. The van der Waals surface area contributed by atoms with Crippen LogP contribution in [-0.4, -0.2) is 10.9 Å². The van der Waals surface area contributed by atoms with E-state index in [-0.39, 0.29) is 12.1 Å². The van der Waals surface area contributed by atoms with Gasteiger partial charge in [-0.2, -0.15) is 0 Å². The summed E-state index contributed by atoms with van der Waals surface area (Å²) in [6.45, 7) is 0.272. The molecule has 0 saturated carbocycles. The molecular weight excluding hydrogens is 263 g/mol. The first kappa shape index (κ1) is 12.0. The summed E-state index contributed by atoms with van der Waals surface area (Å²) in [5, 5.41) is 4.71. The van der Waals surface area contributed by atoms with Crippen molar-refractivity contribution in [1.82, 2.24) is 10.3 Å². The molecule has 1 aromatic carbocycles. The van der Waals surface area contributed by atoms with Gasteiger partial charge in [0.1, 0.15) is 5.82 Å². The second kappa shape index (κ2) is 5.25. The van der Waals surface area contributed by atoms with Gasteiger partial charge >= 0.3 is 0 Å². The number of benzene rings is 1. The van der Waals surface area contributed by atoms with Crippen LogP contribution >= 0.6 is 22.9 Å². The van der Waals surface area contributed by atoms with Crippen LogP contribution in [0.3, 0.4) is 0 Å². The second-order valence-corrected chi connectivity index (χ2v) is 4.44. The van der Waals surface area contributed by atoms with Crippen molar-refractivity contribution >= 4 is 28.8 Å². The average Bonchev–Trinajstić information content (AvgIpc) is 2.82. The summed E-state index contributed by atoms with van der Waals surface area (Å²) in [6.07, 6.45) is 0. The fourth-order valence-corrected chi connectivity index (χ4v) is 1.99. The van der Waals surface area contributed by atoms with Gasteiger partial charge in [0, 0.05) is 10.4 Å². The molecule has 0 fully saturated rings. The van der Waals surface area contributed by atoms with Gasteiger partial charge < -0.3 is 5.32 Å². The molecule has 0 saturated heterocycles. The average molecular weight is 271 g/mol. The lowest BCUT2D eigenvalue weighted by atomic mass is 10.2. The monoisotopic (exact) mass is 270 g/mol. The van der Waals surface area contributed by atoms with Crippen LogP contribution in [0.2, 0.25) is 5.02 Å². The lowest BCUT2D eigenvalue weighted by molar-refractivity contribution is 0.0946. The van der Waals surface area contributed by atoms with Crippen molar-refractivity contribution in [2.75, 3.05) is 0 Å². The minimum Gasteiger partial charge on any atom is -0.346 e. The third-order valence-electron chi connectivity index (χ3n) is 2.09. The number of aromatic nitrogens is 1. The molecule has 0 radical (unpaired) electrons. The van der Waals surface area contributed by atoms with E-state index in [0.29, 0.717) is 5.02 Å². The third kappa shape index (κ3) is 3.01. The van der Waals surface area contributed by atoms with E-state index in [2.05, 4.69) is 10.3 Å². The number of hydrogen-bond donors (Lipinski definition) is 1. The summed E-state index contributed by atoms with van der Waals surface area (Å²) < 4.78 is 13.4. The molecule has 0 aliphatic heterocycles. The van der Waals surface area contributed by atoms with E-state index < -0.39 is 11.7 Å². The van der Waals surface area contributed by atoms with Gasteiger partial charge in [0.2, 0.25) is 0 Å². The van der Waals surface area contributed by atoms with Crippen molar-refractivity contribution < 1.29 is 9.18 Å². The zero-order valence-corrected chi connectivity index (χ0v) is 10.2. The number of carbonyl (C=O) groups excluding carboxylic acids is 1. The molecule has 17 heavy (non-hydrogen) atoms. The largest absolute Gasteiger partial charge is 0.346 e. The number of hydrogen-bond acceptors (Lipinski definition) is 3. The molecule has 2 aromatic rings. The lowest BCUT2D eigenvalue weighted by Gasteiger charge is -2.04. The van der Waals surface area contributed by atoms with Crippen molar-refractivity contribution in [1.29, 1.82) is 0 Å². The predicted molar refractivity (Wildman–Crippen MR) is 64.7 cm³/mol. The highest BCUT2D eigenvalue weighted by molar-refractivity contribution is 7.07. The Hall–Kier alpha value is -1.46. The number of amides is 1. The molecule has 0 spiro atoms. The summed E-state index contributed by atoms with van der Waals surface area (Å²) in [5.74, 6) is -1.09. The van der Waals surface area contributed by atoms with E-state index in [9.17, 15) is 9.18 Å². The van der Waals surface area contributed by atoms with Gasteiger partial charge in [0.25, 0.3) is 5.91 Å². The van der Waals surface area contributed by atoms with Crippen molar-refractivity contribution in [2.24, 2.45) is 0 Å². The van der Waals surface area contributed by atoms with Crippen LogP contribution in [0, 0.1) is 5.82 Å². The van der Waals surface area contributed by atoms with Gasteiger partial charge in [-0.25, -0.2) is 9.37 Å². The highest BCUT2D eigenvalue weighted by atomic mass is 35.5. The second-order valence-electron chi connectivity index (χ2n) is 3.29. The SMILES string of the molecule is O=C(NCc1cscn1)c1cc(Cl)ccc1F. The van der Waals surface area contributed by atoms with Crippen LogP contribution in [0.25, 0.3) is 0 Å². The Morgan fingerprint density at radius 2 is 2.35 bits per heavy atom. The van der Waals surface area contributed by atoms with E-state index in [0.717, 1.165) is 5.69 Å². The van der Waals surface area contributed by atoms with Crippen LogP contribution in [0.15, 0.2) is 29.1 Å². The summed E-state index contributed by atoms with van der Waals surface area (Å²) in [7, 11) is 0. The number of rotatable bonds is 3. The number of nitrogens with one attached hydrogen (secondary N) is 1. The molecule has 1 heterocycles. The van der Waals surface area contributed by atoms with Gasteiger partial charge in [0.05, 0.1) is 23.3 Å². The molecule has 0 bridgehead atoms. The Morgan fingerprint density at radius 3 is 3.06 bits per heavy atom. The maximum atomic E-state index is 13.4. The Morgan fingerprint density at radius 1 is 1.53 bits per heavy atom. The molecule has 0 atom stereocenters. The standard InChI is InChI=1S/C11H8ClFN2OS/c12-7-1-2-10(13)9(3-7)11(16)14-4-8-5-17-6-15-8/h1-3,5-6H,4H2,(H,14,16). The summed E-state index contributed by atoms with van der Waals surface area (Å²) in [4.78, 5) is 15.7. The first-order valence-corrected chi connectivity index (χ1v) is 6.09. The maximum Gasteiger partial charge on any atom is 0.254 e. The van der Waals surface area contributed by atoms with E-state index in [4.69, 9.17) is 11.6 Å². The molecule has 88 valence electrons. The highest BCUT2D eigenvalue weighted by Crippen LogP contribution is 2.14. The van der Waals surface area contributed by atoms with E-state index >= 15 is 0 Å². The van der Waals surface area contributed by atoms with Crippen LogP contribution < -0.4 is 5.32 Å². The van der Waals surface area contributed by atoms with Crippen LogP contribution in [0.5, 0.6) is 0 Å². The van der Waals surface area contributed by atoms with Crippen molar-refractivity contribution in [3.05, 3.63) is 51.2 Å². The maximum absolute atomic E-state index is 13.4. The van der Waals surface area contributed by atoms with Gasteiger partial charge in [-0.15, -0.1) is 11.3 Å². The van der Waals surface area contributed by atoms with Crippen molar-refractivity contribution in [2.45, 2.75) is 6.54 Å². The molecule has 2 rings (SSSR count). The Balaban J connectivity index is 2.07. The Kier molecular flexibility index (Phi) is 3.71. The first-order valence-electron chi connectivity index (χ1n) is 4.77. The number of nitrogens with zero attached hydrogens (tertiary/aromatic N) is 1. The fourth-order valence-electron chi connectivity index (χ4n) is 1.26. The normalized spacial score (nSPS) is 10.2. The molecule has 1 N–H and O–H groups in total. The van der Waals surface area contributed by atoms with Gasteiger partial charge in [-0.05, 0) is 18.2 Å². The Bertz CT molecular complexity index is 530. The predicted octanol–water partition coefficient (Wildman–Crippen LogP) is 2.87. The smallest absolute Gasteiger partial charge is 0.254 e. The molecule has 3 nitrogen and oxygen atoms in total. The number of halogens is 2. The minimum absolute atomic E-state index is 0.0623. The number of carbonyl (C=O) groups is 1. The minimum atomic E-state index is -0.592. The quantitative estimate of drug-likeness (QED) is 0.932. The van der Waals surface area contributed by atoms with E-state index in [1.54, 1.807) is 5.51 Å². The molecule has 6 heteroatoms. The summed E-state index contributed by atoms with van der Waals surface area (Å²) in [5.41, 5.74) is 2.35. The summed E-state index contributed by atoms with van der Waals surface area (Å²) in [6, 6.07) is 3.86. The molecule has 1 aromatic heterocycles. The van der Waals surface area contributed by atoms with Gasteiger partial charge in [-0.3, -0.25) is 4.79 Å². The zero-order valence-electron chi connectivity index (χ0n) is 8.61. The molecule has 0 aliphatic carbocycles. The molecule has 0 unspecified atom stereocenters. The third-order valence-corrected chi connectivity index (χ3v) is 2.96. The van der Waals surface area contributed by atoms with Crippen LogP contribution in [-0.2, 0) is 6.54 Å². The highest BCUT2D eigenvalue weighted by Gasteiger charge is 2.12. The topological polar surface area (TPSA) is 42.0 Å². The van der Waals surface area contributed by atoms with Crippen molar-refractivity contribution in [3.63, 3.8) is 0 Å². The van der Waals surface area contributed by atoms with E-state index in [1.807, 2.05) is 5.38 Å². The fraction of sp³-hybridized carbons (Fsp3) is 0.0909. The first-order chi connectivity index (χ1) is 8.16. The van der Waals surface area contributed by atoms with Crippen LogP contribution in [0.4, 0.5) is 4.39 Å².